The molecule has 0 spiro atoms. The molecule has 1 heterocycles. The Morgan fingerprint density at radius 3 is 2.34 bits per heavy atom. The number of amides is 1. The van der Waals surface area contributed by atoms with E-state index >= 15 is 0 Å². The van der Waals surface area contributed by atoms with Crippen LogP contribution in [0, 0.1) is 6.92 Å². The van der Waals surface area contributed by atoms with E-state index in [9.17, 15) is 13.2 Å². The summed E-state index contributed by atoms with van der Waals surface area (Å²) in [6.45, 7) is 1.74. The number of benzene rings is 2. The topological polar surface area (TPSA) is 84.5 Å². The lowest BCUT2D eigenvalue weighted by molar-refractivity contribution is 0.102. The van der Waals surface area contributed by atoms with Crippen molar-refractivity contribution in [2.45, 2.75) is 11.8 Å². The van der Waals surface area contributed by atoms with Gasteiger partial charge < -0.3 is 10.1 Å². The highest BCUT2D eigenvalue weighted by Crippen LogP contribution is 2.37. The number of nitrogens with one attached hydrogen (secondary N) is 2. The molecule has 0 radical (unpaired) electrons. The molecule has 10 heteroatoms. The molecule has 0 atom stereocenters. The standard InChI is InChI=1S/C19H16Cl2N2O4S2/c1-11-8-14(23-29(25,26)16-10-17(20)28-18(16)21)15(27-2)9-13(11)22-19(24)12-6-4-3-5-7-12/h3-10,23H,1-2H3,(H,22,24). The molecule has 2 N–H and O–H groups in total. The summed E-state index contributed by atoms with van der Waals surface area (Å²) in [4.78, 5) is 12.3. The van der Waals surface area contributed by atoms with E-state index in [0.29, 0.717) is 16.8 Å². The number of ether oxygens (including phenoxy) is 1. The lowest BCUT2D eigenvalue weighted by Gasteiger charge is -2.16. The minimum absolute atomic E-state index is 0.0601. The van der Waals surface area contributed by atoms with Crippen LogP contribution >= 0.6 is 34.5 Å². The third kappa shape index (κ3) is 4.84. The number of halogens is 2. The molecular weight excluding hydrogens is 455 g/mol. The van der Waals surface area contributed by atoms with Gasteiger partial charge in [0, 0.05) is 17.3 Å². The number of methoxy groups -OCH3 is 1. The number of carbonyl (C=O) groups is 1. The van der Waals surface area contributed by atoms with E-state index < -0.39 is 10.0 Å². The van der Waals surface area contributed by atoms with E-state index in [2.05, 4.69) is 10.0 Å². The molecule has 29 heavy (non-hydrogen) atoms. The molecule has 0 aliphatic rings. The third-order valence-corrected chi connectivity index (χ3v) is 7.11. The highest BCUT2D eigenvalue weighted by atomic mass is 35.5. The van der Waals surface area contributed by atoms with Crippen molar-refractivity contribution in [1.82, 2.24) is 0 Å². The third-order valence-electron chi connectivity index (χ3n) is 3.99. The number of rotatable bonds is 6. The van der Waals surface area contributed by atoms with Gasteiger partial charge in [0.05, 0.1) is 17.1 Å². The molecule has 1 amide bonds. The Bertz CT molecular complexity index is 1160. The maximum absolute atomic E-state index is 12.7. The Morgan fingerprint density at radius 2 is 1.76 bits per heavy atom. The predicted octanol–water partition coefficient (Wildman–Crippen LogP) is 5.43. The van der Waals surface area contributed by atoms with Gasteiger partial charge in [-0.3, -0.25) is 9.52 Å². The fourth-order valence-corrected chi connectivity index (χ4v) is 5.78. The second-order valence-corrected chi connectivity index (χ2v) is 9.92. The van der Waals surface area contributed by atoms with Crippen LogP contribution < -0.4 is 14.8 Å². The molecule has 0 aliphatic heterocycles. The summed E-state index contributed by atoms with van der Waals surface area (Å²) in [5.41, 5.74) is 1.85. The van der Waals surface area contributed by atoms with Crippen LogP contribution in [0.1, 0.15) is 15.9 Å². The maximum Gasteiger partial charge on any atom is 0.264 e. The SMILES string of the molecule is COc1cc(NC(=O)c2ccccc2)c(C)cc1NS(=O)(=O)c1cc(Cl)sc1Cl. The Balaban J connectivity index is 1.90. The average molecular weight is 471 g/mol. The van der Waals surface area contributed by atoms with E-state index in [1.165, 1.54) is 13.2 Å². The molecule has 0 aliphatic carbocycles. The monoisotopic (exact) mass is 470 g/mol. The molecule has 152 valence electrons. The van der Waals surface area contributed by atoms with Crippen molar-refractivity contribution in [2.24, 2.45) is 0 Å². The van der Waals surface area contributed by atoms with Gasteiger partial charge in [0.1, 0.15) is 15.0 Å². The lowest BCUT2D eigenvalue weighted by Crippen LogP contribution is -2.15. The highest BCUT2D eigenvalue weighted by molar-refractivity contribution is 7.93. The maximum atomic E-state index is 12.7. The first-order valence-corrected chi connectivity index (χ1v) is 11.3. The summed E-state index contributed by atoms with van der Waals surface area (Å²) in [7, 11) is -2.57. The largest absolute Gasteiger partial charge is 0.494 e. The first-order chi connectivity index (χ1) is 13.7. The van der Waals surface area contributed by atoms with Crippen LogP contribution in [0.25, 0.3) is 0 Å². The molecule has 2 aromatic carbocycles. The number of hydrogen-bond acceptors (Lipinski definition) is 5. The lowest BCUT2D eigenvalue weighted by atomic mass is 10.1. The van der Waals surface area contributed by atoms with Crippen molar-refractivity contribution in [2.75, 3.05) is 17.1 Å². The van der Waals surface area contributed by atoms with Gasteiger partial charge in [0.15, 0.2) is 0 Å². The number of aryl methyl sites for hydroxylation is 1. The van der Waals surface area contributed by atoms with E-state index in [1.807, 2.05) is 6.07 Å². The van der Waals surface area contributed by atoms with Crippen LogP contribution in [0.15, 0.2) is 53.4 Å². The van der Waals surface area contributed by atoms with Gasteiger partial charge in [-0.2, -0.15) is 0 Å². The molecule has 0 saturated carbocycles. The average Bonchev–Trinajstić information content (AvgIpc) is 3.03. The molecule has 1 aromatic heterocycles. The summed E-state index contributed by atoms with van der Waals surface area (Å²) in [6.07, 6.45) is 0. The van der Waals surface area contributed by atoms with Crippen molar-refractivity contribution in [3.8, 4) is 5.75 Å². The number of thiophene rings is 1. The summed E-state index contributed by atoms with van der Waals surface area (Å²) >= 11 is 12.8. The predicted molar refractivity (Wildman–Crippen MR) is 117 cm³/mol. The van der Waals surface area contributed by atoms with Crippen molar-refractivity contribution in [3.63, 3.8) is 0 Å². The molecule has 6 nitrogen and oxygen atoms in total. The zero-order valence-corrected chi connectivity index (χ0v) is 18.5. The first-order valence-electron chi connectivity index (χ1n) is 8.24. The van der Waals surface area contributed by atoms with E-state index in [1.54, 1.807) is 43.3 Å². The fraction of sp³-hybridized carbons (Fsp3) is 0.105. The number of sulfonamides is 1. The van der Waals surface area contributed by atoms with E-state index in [-0.39, 0.29) is 30.9 Å². The second kappa shape index (κ2) is 8.62. The highest BCUT2D eigenvalue weighted by Gasteiger charge is 2.23. The first kappa shape index (κ1) is 21.4. The van der Waals surface area contributed by atoms with Crippen molar-refractivity contribution < 1.29 is 17.9 Å². The van der Waals surface area contributed by atoms with Gasteiger partial charge in [-0.15, -0.1) is 11.3 Å². The van der Waals surface area contributed by atoms with Crippen LogP contribution in [0.2, 0.25) is 8.67 Å². The van der Waals surface area contributed by atoms with Crippen molar-refractivity contribution in [3.05, 3.63) is 68.3 Å². The van der Waals surface area contributed by atoms with Gasteiger partial charge in [0.25, 0.3) is 15.9 Å². The Kier molecular flexibility index (Phi) is 6.38. The summed E-state index contributed by atoms with van der Waals surface area (Å²) in [5, 5.41) is 2.80. The second-order valence-electron chi connectivity index (χ2n) is 5.98. The molecule has 0 bridgehead atoms. The van der Waals surface area contributed by atoms with E-state index in [4.69, 9.17) is 27.9 Å². The van der Waals surface area contributed by atoms with Gasteiger partial charge in [0.2, 0.25) is 0 Å². The normalized spacial score (nSPS) is 11.2. The molecule has 3 rings (SSSR count). The minimum Gasteiger partial charge on any atom is -0.494 e. The number of hydrogen-bond donors (Lipinski definition) is 2. The van der Waals surface area contributed by atoms with Crippen LogP contribution in [-0.2, 0) is 10.0 Å². The molecule has 0 saturated heterocycles. The Hall–Kier alpha value is -2.26. The van der Waals surface area contributed by atoms with Gasteiger partial charge in [-0.25, -0.2) is 8.42 Å². The van der Waals surface area contributed by atoms with Gasteiger partial charge in [-0.05, 0) is 36.8 Å². The zero-order chi connectivity index (χ0) is 21.2. The molecular formula is C19H16Cl2N2O4S2. The number of carbonyl (C=O) groups excluding carboxylic acids is 1. The van der Waals surface area contributed by atoms with Crippen molar-refractivity contribution >= 4 is 61.8 Å². The smallest absolute Gasteiger partial charge is 0.264 e. The fourth-order valence-electron chi connectivity index (χ4n) is 2.56. The Morgan fingerprint density at radius 1 is 1.07 bits per heavy atom. The van der Waals surface area contributed by atoms with Crippen LogP contribution in [0.3, 0.4) is 0 Å². The minimum atomic E-state index is -3.97. The summed E-state index contributed by atoms with van der Waals surface area (Å²) < 4.78 is 33.5. The summed E-state index contributed by atoms with van der Waals surface area (Å²) in [6, 6.07) is 13.1. The Labute approximate surface area is 182 Å². The van der Waals surface area contributed by atoms with Gasteiger partial charge >= 0.3 is 0 Å². The van der Waals surface area contributed by atoms with Gasteiger partial charge in [-0.1, -0.05) is 41.4 Å². The van der Waals surface area contributed by atoms with Crippen LogP contribution in [-0.4, -0.2) is 21.4 Å². The quantitative estimate of drug-likeness (QED) is 0.503. The number of anilines is 2. The summed E-state index contributed by atoms with van der Waals surface area (Å²) in [5.74, 6) is -0.0521. The van der Waals surface area contributed by atoms with Crippen LogP contribution in [0.5, 0.6) is 5.75 Å². The molecule has 0 fully saturated rings. The van der Waals surface area contributed by atoms with Crippen molar-refractivity contribution in [1.29, 1.82) is 0 Å². The molecule has 3 aromatic rings. The molecule has 0 unspecified atom stereocenters. The zero-order valence-electron chi connectivity index (χ0n) is 15.3. The van der Waals surface area contributed by atoms with E-state index in [0.717, 1.165) is 11.3 Å². The van der Waals surface area contributed by atoms with Crippen LogP contribution in [0.4, 0.5) is 11.4 Å².